The number of hydrogen-bond donors (Lipinski definition) is 3. The van der Waals surface area contributed by atoms with Crippen LogP contribution in [0.2, 0.25) is 0 Å². The summed E-state index contributed by atoms with van der Waals surface area (Å²) in [5.41, 5.74) is 7.79. The fraction of sp³-hybridized carbons (Fsp3) is 0.579. The van der Waals surface area contributed by atoms with Crippen LogP contribution in [-0.2, 0) is 30.1 Å². The Hall–Kier alpha value is -2.37. The van der Waals surface area contributed by atoms with E-state index >= 15 is 0 Å². The van der Waals surface area contributed by atoms with Gasteiger partial charge in [0.1, 0.15) is 11.5 Å². The van der Waals surface area contributed by atoms with Crippen molar-refractivity contribution >= 4 is 16.2 Å². The Kier molecular flexibility index (Phi) is 6.53. The molecule has 1 aliphatic heterocycles. The molecule has 2 amide bonds. The van der Waals surface area contributed by atoms with Crippen molar-refractivity contribution in [2.45, 2.75) is 51.6 Å². The van der Waals surface area contributed by atoms with E-state index in [4.69, 9.17) is 10.2 Å². The summed E-state index contributed by atoms with van der Waals surface area (Å²) in [5.74, 6) is 1.77. The van der Waals surface area contributed by atoms with Gasteiger partial charge < -0.3 is 10.2 Å². The van der Waals surface area contributed by atoms with Crippen LogP contribution in [0, 0.1) is 0 Å². The number of aryl methyl sites for hydroxylation is 3. The average molecular weight is 439 g/mol. The van der Waals surface area contributed by atoms with E-state index in [0.29, 0.717) is 6.42 Å². The number of hydrogen-bond acceptors (Lipinski definition) is 6. The maximum absolute atomic E-state index is 12.3. The molecule has 0 aromatic carbocycles. The average Bonchev–Trinajstić information content (AvgIpc) is 3.23. The number of amides is 2. The maximum atomic E-state index is 12.3. The second kappa shape index (κ2) is 8.78. The molecule has 3 heterocycles. The van der Waals surface area contributed by atoms with Crippen molar-refractivity contribution < 1.29 is 17.6 Å². The standard InChI is InChI=1S/C19H30N6O4S/c1-5-12-10-13(16(6-2)29-12)17-14(11-21-25(17)4)18-15(8-7-9-24(18)3)22-30(27,28)23-19(20)26/h10-11,15,18,22H,5-9H2,1-4H3,(H3,20,23,26). The first-order chi connectivity index (χ1) is 14.2. The van der Waals surface area contributed by atoms with Gasteiger partial charge in [-0.2, -0.15) is 18.2 Å². The number of nitrogens with two attached hydrogens (primary N) is 1. The van der Waals surface area contributed by atoms with Gasteiger partial charge in [0.05, 0.1) is 17.9 Å². The summed E-state index contributed by atoms with van der Waals surface area (Å²) in [7, 11) is -0.251. The van der Waals surface area contributed by atoms with Gasteiger partial charge >= 0.3 is 16.2 Å². The Morgan fingerprint density at radius 2 is 2.07 bits per heavy atom. The molecule has 1 saturated heterocycles. The fourth-order valence-corrected chi connectivity index (χ4v) is 5.19. The minimum Gasteiger partial charge on any atom is -0.465 e. The number of likely N-dealkylation sites (N-methyl/N-ethyl adjacent to an activating group) is 1. The molecule has 3 rings (SSSR count). The summed E-state index contributed by atoms with van der Waals surface area (Å²) in [4.78, 5) is 13.2. The molecule has 0 aliphatic carbocycles. The van der Waals surface area contributed by atoms with E-state index in [-0.39, 0.29) is 6.04 Å². The van der Waals surface area contributed by atoms with Crippen molar-refractivity contribution in [3.8, 4) is 11.3 Å². The minimum absolute atomic E-state index is 0.267. The molecule has 1 fully saturated rings. The third kappa shape index (κ3) is 4.52. The van der Waals surface area contributed by atoms with Gasteiger partial charge in [0.25, 0.3) is 0 Å². The Balaban J connectivity index is 2.05. The number of nitrogens with zero attached hydrogens (tertiary/aromatic N) is 3. The molecule has 2 atom stereocenters. The molecule has 0 saturated carbocycles. The highest BCUT2D eigenvalue weighted by Crippen LogP contribution is 2.38. The second-order valence-corrected chi connectivity index (χ2v) is 9.04. The van der Waals surface area contributed by atoms with E-state index < -0.39 is 22.3 Å². The Labute approximate surface area is 177 Å². The van der Waals surface area contributed by atoms with E-state index in [2.05, 4.69) is 14.7 Å². The molecule has 0 radical (unpaired) electrons. The molecular formula is C19H30N6O4S. The van der Waals surface area contributed by atoms with Gasteiger partial charge in [-0.25, -0.2) is 9.52 Å². The third-order valence-corrected chi connectivity index (χ3v) is 6.58. The lowest BCUT2D eigenvalue weighted by molar-refractivity contribution is 0.154. The van der Waals surface area contributed by atoms with Crippen LogP contribution in [0.5, 0.6) is 0 Å². The van der Waals surface area contributed by atoms with Crippen LogP contribution >= 0.6 is 0 Å². The number of nitrogens with one attached hydrogen (secondary N) is 2. The van der Waals surface area contributed by atoms with Crippen molar-refractivity contribution in [1.29, 1.82) is 0 Å². The van der Waals surface area contributed by atoms with Crippen LogP contribution in [0.4, 0.5) is 4.79 Å². The van der Waals surface area contributed by atoms with Crippen molar-refractivity contribution in [3.63, 3.8) is 0 Å². The first-order valence-electron chi connectivity index (χ1n) is 10.1. The van der Waals surface area contributed by atoms with Crippen LogP contribution < -0.4 is 15.2 Å². The van der Waals surface area contributed by atoms with Crippen LogP contribution in [0.3, 0.4) is 0 Å². The van der Waals surface area contributed by atoms with E-state index in [1.165, 1.54) is 0 Å². The van der Waals surface area contributed by atoms with E-state index in [9.17, 15) is 13.2 Å². The highest BCUT2D eigenvalue weighted by atomic mass is 32.2. The molecule has 2 aromatic rings. The summed E-state index contributed by atoms with van der Waals surface area (Å²) >= 11 is 0. The molecule has 0 bridgehead atoms. The van der Waals surface area contributed by atoms with Crippen LogP contribution in [0.15, 0.2) is 16.7 Å². The van der Waals surface area contributed by atoms with Gasteiger partial charge in [0.2, 0.25) is 0 Å². The number of carbonyl (C=O) groups excluding carboxylic acids is 1. The summed E-state index contributed by atoms with van der Waals surface area (Å²) in [6.45, 7) is 4.89. The molecule has 166 valence electrons. The van der Waals surface area contributed by atoms with Crippen LogP contribution in [-0.4, -0.2) is 48.8 Å². The zero-order valence-electron chi connectivity index (χ0n) is 17.8. The largest absolute Gasteiger partial charge is 0.465 e. The number of piperidine rings is 1. The van der Waals surface area contributed by atoms with Crippen molar-refractivity contribution in [1.82, 2.24) is 24.1 Å². The van der Waals surface area contributed by atoms with Crippen LogP contribution in [0.1, 0.15) is 49.8 Å². The molecule has 11 heteroatoms. The molecule has 30 heavy (non-hydrogen) atoms. The fourth-order valence-electron chi connectivity index (χ4n) is 4.23. The summed E-state index contributed by atoms with van der Waals surface area (Å²) < 4.78 is 36.8. The minimum atomic E-state index is -4.08. The number of furan rings is 1. The number of carbonyl (C=O) groups is 1. The lowest BCUT2D eigenvalue weighted by Crippen LogP contribution is -2.53. The molecule has 10 nitrogen and oxygen atoms in total. The van der Waals surface area contributed by atoms with E-state index in [0.717, 1.165) is 54.1 Å². The molecule has 2 unspecified atom stereocenters. The first-order valence-corrected chi connectivity index (χ1v) is 11.6. The second-order valence-electron chi connectivity index (χ2n) is 7.59. The Morgan fingerprint density at radius 3 is 2.70 bits per heavy atom. The molecule has 2 aromatic heterocycles. The van der Waals surface area contributed by atoms with Gasteiger partial charge in [-0.3, -0.25) is 9.58 Å². The third-order valence-electron chi connectivity index (χ3n) is 5.49. The highest BCUT2D eigenvalue weighted by molar-refractivity contribution is 7.88. The quantitative estimate of drug-likeness (QED) is 0.599. The molecule has 4 N–H and O–H groups in total. The maximum Gasteiger partial charge on any atom is 0.326 e. The summed E-state index contributed by atoms with van der Waals surface area (Å²) in [6, 6.07) is 0.196. The highest BCUT2D eigenvalue weighted by Gasteiger charge is 2.37. The van der Waals surface area contributed by atoms with E-state index in [1.54, 1.807) is 15.6 Å². The monoisotopic (exact) mass is 438 g/mol. The lowest BCUT2D eigenvalue weighted by Gasteiger charge is -2.39. The Bertz CT molecular complexity index is 1010. The number of likely N-dealkylation sites (tertiary alicyclic amines) is 1. The first kappa shape index (κ1) is 22.3. The molecular weight excluding hydrogens is 408 g/mol. The zero-order valence-corrected chi connectivity index (χ0v) is 18.6. The van der Waals surface area contributed by atoms with Crippen molar-refractivity contribution in [3.05, 3.63) is 29.3 Å². The van der Waals surface area contributed by atoms with Gasteiger partial charge in [-0.15, -0.1) is 0 Å². The van der Waals surface area contributed by atoms with Gasteiger partial charge in [-0.1, -0.05) is 13.8 Å². The Morgan fingerprint density at radius 1 is 1.33 bits per heavy atom. The number of rotatable bonds is 7. The normalized spacial score (nSPS) is 20.4. The van der Waals surface area contributed by atoms with Crippen molar-refractivity contribution in [2.24, 2.45) is 12.8 Å². The zero-order chi connectivity index (χ0) is 22.1. The smallest absolute Gasteiger partial charge is 0.326 e. The number of urea groups is 1. The topological polar surface area (TPSA) is 135 Å². The van der Waals surface area contributed by atoms with Crippen molar-refractivity contribution in [2.75, 3.05) is 13.6 Å². The van der Waals surface area contributed by atoms with Gasteiger partial charge in [0, 0.05) is 37.1 Å². The number of primary amides is 1. The van der Waals surface area contributed by atoms with E-state index in [1.807, 2.05) is 34.0 Å². The van der Waals surface area contributed by atoms with Gasteiger partial charge in [0.15, 0.2) is 0 Å². The molecule has 0 spiro atoms. The predicted molar refractivity (Wildman–Crippen MR) is 113 cm³/mol. The number of aromatic nitrogens is 2. The van der Waals surface area contributed by atoms with Crippen LogP contribution in [0.25, 0.3) is 11.3 Å². The van der Waals surface area contributed by atoms with Gasteiger partial charge in [-0.05, 0) is 32.5 Å². The summed E-state index contributed by atoms with van der Waals surface area (Å²) in [5, 5.41) is 4.47. The lowest BCUT2D eigenvalue weighted by atomic mass is 9.90. The predicted octanol–water partition coefficient (Wildman–Crippen LogP) is 1.44. The SMILES string of the molecule is CCc1cc(-c2c(C3C(NS(=O)(=O)NC(N)=O)CCCN3C)cnn2C)c(CC)o1. The molecule has 1 aliphatic rings. The summed E-state index contributed by atoms with van der Waals surface area (Å²) in [6.07, 6.45) is 4.74.